The van der Waals surface area contributed by atoms with Crippen LogP contribution < -0.4 is 4.74 Å². The Bertz CT molecular complexity index is 560. The zero-order valence-electron chi connectivity index (χ0n) is 14.8. The number of hydrogen-bond acceptors (Lipinski definition) is 4. The second-order valence-electron chi connectivity index (χ2n) is 6.91. The van der Waals surface area contributed by atoms with E-state index >= 15 is 0 Å². The molecule has 1 unspecified atom stereocenters. The van der Waals surface area contributed by atoms with Gasteiger partial charge in [-0.2, -0.15) is 0 Å². The van der Waals surface area contributed by atoms with E-state index in [1.807, 2.05) is 24.3 Å². The molecule has 2 aliphatic rings. The maximum atomic E-state index is 12.9. The van der Waals surface area contributed by atoms with Gasteiger partial charge in [-0.05, 0) is 37.0 Å². The van der Waals surface area contributed by atoms with E-state index in [2.05, 4.69) is 6.92 Å². The Labute approximate surface area is 144 Å². The normalized spacial score (nSPS) is 24.6. The van der Waals surface area contributed by atoms with Gasteiger partial charge in [-0.1, -0.05) is 51.2 Å². The topological polar surface area (TPSA) is 48.1 Å². The van der Waals surface area contributed by atoms with Crippen molar-refractivity contribution in [1.82, 2.24) is 0 Å². The number of epoxide rings is 1. The van der Waals surface area contributed by atoms with Crippen LogP contribution in [0.5, 0.6) is 5.75 Å². The van der Waals surface area contributed by atoms with Crippen LogP contribution in [0, 0.1) is 0 Å². The van der Waals surface area contributed by atoms with Crippen molar-refractivity contribution >= 4 is 5.97 Å². The van der Waals surface area contributed by atoms with Crippen LogP contribution in [0.4, 0.5) is 0 Å². The van der Waals surface area contributed by atoms with Gasteiger partial charge >= 0.3 is 5.97 Å². The van der Waals surface area contributed by atoms with Crippen molar-refractivity contribution in [3.05, 3.63) is 29.8 Å². The summed E-state index contributed by atoms with van der Waals surface area (Å²) in [6, 6.07) is 7.66. The van der Waals surface area contributed by atoms with Gasteiger partial charge in [0.1, 0.15) is 11.4 Å². The molecule has 1 aliphatic heterocycles. The molecule has 0 amide bonds. The Kier molecular flexibility index (Phi) is 5.14. The second kappa shape index (κ2) is 7.14. The Hall–Kier alpha value is -1.55. The van der Waals surface area contributed by atoms with Crippen LogP contribution in [0.2, 0.25) is 0 Å². The third kappa shape index (κ3) is 2.92. The molecule has 24 heavy (non-hydrogen) atoms. The number of rotatable bonds is 7. The summed E-state index contributed by atoms with van der Waals surface area (Å²) < 4.78 is 17.0. The number of esters is 1. The maximum Gasteiger partial charge on any atom is 0.346 e. The molecule has 1 atom stereocenters. The largest absolute Gasteiger partial charge is 0.497 e. The highest BCUT2D eigenvalue weighted by molar-refractivity contribution is 5.87. The van der Waals surface area contributed by atoms with E-state index in [0.29, 0.717) is 6.61 Å². The first-order valence-electron chi connectivity index (χ1n) is 9.20. The highest BCUT2D eigenvalue weighted by Crippen LogP contribution is 2.63. The van der Waals surface area contributed by atoms with E-state index in [1.54, 1.807) is 7.11 Å². The van der Waals surface area contributed by atoms with Crippen LogP contribution >= 0.6 is 0 Å². The minimum absolute atomic E-state index is 0.217. The zero-order valence-corrected chi connectivity index (χ0v) is 14.8. The van der Waals surface area contributed by atoms with Crippen molar-refractivity contribution in [2.24, 2.45) is 0 Å². The van der Waals surface area contributed by atoms with Crippen molar-refractivity contribution in [3.8, 4) is 5.75 Å². The van der Waals surface area contributed by atoms with Gasteiger partial charge in [0.05, 0.1) is 13.7 Å². The summed E-state index contributed by atoms with van der Waals surface area (Å²) in [4.78, 5) is 12.9. The minimum atomic E-state index is -0.911. The molecular weight excluding hydrogens is 304 g/mol. The summed E-state index contributed by atoms with van der Waals surface area (Å²) in [7, 11) is 1.64. The molecule has 4 nitrogen and oxygen atoms in total. The van der Waals surface area contributed by atoms with Crippen LogP contribution in [-0.2, 0) is 19.9 Å². The lowest BCUT2D eigenvalue weighted by molar-refractivity contribution is -0.150. The average molecular weight is 332 g/mol. The quantitative estimate of drug-likeness (QED) is 0.423. The number of carbonyl (C=O) groups is 1. The molecule has 1 spiro atoms. The Balaban J connectivity index is 1.81. The van der Waals surface area contributed by atoms with Crippen LogP contribution in [-0.4, -0.2) is 25.3 Å². The van der Waals surface area contributed by atoms with Crippen molar-refractivity contribution < 1.29 is 19.0 Å². The standard InChI is InChI=1S/C20H28O4/c1-3-4-8-15-23-18(21)20(16-9-11-17(22-2)12-10-16)19(24-20)13-6-5-7-14-19/h9-12H,3-8,13-15H2,1-2H3. The molecule has 0 radical (unpaired) electrons. The Morgan fingerprint density at radius 2 is 1.83 bits per heavy atom. The van der Waals surface area contributed by atoms with Crippen LogP contribution in [0.15, 0.2) is 24.3 Å². The minimum Gasteiger partial charge on any atom is -0.497 e. The van der Waals surface area contributed by atoms with Crippen molar-refractivity contribution in [1.29, 1.82) is 0 Å². The number of unbranched alkanes of at least 4 members (excludes halogenated alkanes) is 2. The lowest BCUT2D eigenvalue weighted by Crippen LogP contribution is -2.35. The molecule has 4 heteroatoms. The molecular formula is C20H28O4. The molecule has 0 aromatic heterocycles. The molecule has 1 saturated heterocycles. The SMILES string of the molecule is CCCCCOC(=O)C1(c2ccc(OC)cc2)OC12CCCCC2. The van der Waals surface area contributed by atoms with Gasteiger partial charge in [0, 0.05) is 0 Å². The molecule has 1 saturated carbocycles. The Morgan fingerprint density at radius 3 is 2.46 bits per heavy atom. The summed E-state index contributed by atoms with van der Waals surface area (Å²) in [6.07, 6.45) is 8.41. The van der Waals surface area contributed by atoms with Gasteiger partial charge in [-0.15, -0.1) is 0 Å². The zero-order chi connectivity index (χ0) is 17.0. The smallest absolute Gasteiger partial charge is 0.346 e. The van der Waals surface area contributed by atoms with E-state index in [0.717, 1.165) is 56.3 Å². The molecule has 1 aromatic rings. The van der Waals surface area contributed by atoms with Gasteiger partial charge < -0.3 is 14.2 Å². The molecule has 3 rings (SSSR count). The second-order valence-corrected chi connectivity index (χ2v) is 6.91. The van der Waals surface area contributed by atoms with E-state index in [1.165, 1.54) is 6.42 Å². The van der Waals surface area contributed by atoms with Gasteiger partial charge in [-0.3, -0.25) is 0 Å². The van der Waals surface area contributed by atoms with E-state index < -0.39 is 5.60 Å². The van der Waals surface area contributed by atoms with Crippen LogP contribution in [0.25, 0.3) is 0 Å². The number of hydrogen-bond donors (Lipinski definition) is 0. The maximum absolute atomic E-state index is 12.9. The lowest BCUT2D eigenvalue weighted by atomic mass is 9.77. The van der Waals surface area contributed by atoms with Crippen LogP contribution in [0.3, 0.4) is 0 Å². The summed E-state index contributed by atoms with van der Waals surface area (Å²) in [6.45, 7) is 2.62. The monoisotopic (exact) mass is 332 g/mol. The number of carbonyl (C=O) groups excluding carboxylic acids is 1. The molecule has 1 aromatic carbocycles. The fourth-order valence-electron chi connectivity index (χ4n) is 3.96. The third-order valence-electron chi connectivity index (χ3n) is 5.37. The van der Waals surface area contributed by atoms with E-state index in [-0.39, 0.29) is 11.6 Å². The van der Waals surface area contributed by atoms with Crippen molar-refractivity contribution in [2.75, 3.05) is 13.7 Å². The Morgan fingerprint density at radius 1 is 1.12 bits per heavy atom. The first-order valence-corrected chi connectivity index (χ1v) is 9.20. The summed E-state index contributed by atoms with van der Waals surface area (Å²) in [5.74, 6) is 0.564. The van der Waals surface area contributed by atoms with Gasteiger partial charge in [0.2, 0.25) is 5.60 Å². The van der Waals surface area contributed by atoms with E-state index in [4.69, 9.17) is 14.2 Å². The lowest BCUT2D eigenvalue weighted by Gasteiger charge is -2.23. The van der Waals surface area contributed by atoms with E-state index in [9.17, 15) is 4.79 Å². The third-order valence-corrected chi connectivity index (χ3v) is 5.37. The molecule has 1 aliphatic carbocycles. The van der Waals surface area contributed by atoms with Gasteiger partial charge in [0.15, 0.2) is 0 Å². The highest BCUT2D eigenvalue weighted by atomic mass is 16.7. The predicted octanol–water partition coefficient (Wildman–Crippen LogP) is 4.36. The summed E-state index contributed by atoms with van der Waals surface area (Å²) in [5, 5.41) is 0. The predicted molar refractivity (Wildman–Crippen MR) is 92.1 cm³/mol. The van der Waals surface area contributed by atoms with Crippen molar-refractivity contribution in [2.45, 2.75) is 69.5 Å². The van der Waals surface area contributed by atoms with Crippen LogP contribution in [0.1, 0.15) is 63.9 Å². The van der Waals surface area contributed by atoms with Crippen molar-refractivity contribution in [3.63, 3.8) is 0 Å². The van der Waals surface area contributed by atoms with Gasteiger partial charge in [-0.25, -0.2) is 4.79 Å². The molecule has 132 valence electrons. The first kappa shape index (κ1) is 17.3. The fraction of sp³-hybridized carbons (Fsp3) is 0.650. The molecule has 1 heterocycles. The fourth-order valence-corrected chi connectivity index (χ4v) is 3.96. The first-order chi connectivity index (χ1) is 11.7. The number of ether oxygens (including phenoxy) is 3. The average Bonchev–Trinajstić information content (AvgIpc) is 3.27. The van der Waals surface area contributed by atoms with Gasteiger partial charge in [0.25, 0.3) is 0 Å². The molecule has 2 fully saturated rings. The molecule has 0 bridgehead atoms. The summed E-state index contributed by atoms with van der Waals surface area (Å²) in [5.41, 5.74) is -0.376. The summed E-state index contributed by atoms with van der Waals surface area (Å²) >= 11 is 0. The highest BCUT2D eigenvalue weighted by Gasteiger charge is 2.75. The number of benzene rings is 1. The number of methoxy groups -OCH3 is 1. The molecule has 0 N–H and O–H groups in total.